The molecule has 17 heavy (non-hydrogen) atoms. The number of ether oxygens (including phenoxy) is 1. The zero-order valence-corrected chi connectivity index (χ0v) is 11.7. The summed E-state index contributed by atoms with van der Waals surface area (Å²) in [4.78, 5) is 11.4. The predicted octanol–water partition coefficient (Wildman–Crippen LogP) is 2.74. The van der Waals surface area contributed by atoms with Crippen molar-refractivity contribution in [3.63, 3.8) is 0 Å². The minimum atomic E-state index is -0.0924. The molecule has 0 amide bonds. The van der Waals surface area contributed by atoms with Crippen LogP contribution in [-0.4, -0.2) is 24.7 Å². The standard InChI is InChI=1S/C14H27NO2/c1-5-12-7-8-13(11(12)4)15-10(3)9-14(16)17-6-2/h10-13,15H,5-9H2,1-4H3. The van der Waals surface area contributed by atoms with Crippen molar-refractivity contribution < 1.29 is 9.53 Å². The summed E-state index contributed by atoms with van der Waals surface area (Å²) in [5.74, 6) is 1.48. The maximum absolute atomic E-state index is 11.4. The van der Waals surface area contributed by atoms with Crippen molar-refractivity contribution in [3.8, 4) is 0 Å². The molecule has 1 fully saturated rings. The smallest absolute Gasteiger partial charge is 0.307 e. The van der Waals surface area contributed by atoms with Gasteiger partial charge in [0.2, 0.25) is 0 Å². The van der Waals surface area contributed by atoms with Gasteiger partial charge in [0.25, 0.3) is 0 Å². The quantitative estimate of drug-likeness (QED) is 0.727. The van der Waals surface area contributed by atoms with Gasteiger partial charge in [0.05, 0.1) is 13.0 Å². The molecular weight excluding hydrogens is 214 g/mol. The van der Waals surface area contributed by atoms with Crippen LogP contribution >= 0.6 is 0 Å². The lowest BCUT2D eigenvalue weighted by Gasteiger charge is -2.24. The highest BCUT2D eigenvalue weighted by atomic mass is 16.5. The average Bonchev–Trinajstić information content (AvgIpc) is 2.60. The molecule has 1 aliphatic rings. The molecule has 0 radical (unpaired) electrons. The van der Waals surface area contributed by atoms with Gasteiger partial charge >= 0.3 is 5.97 Å². The first-order valence-corrected chi connectivity index (χ1v) is 7.00. The van der Waals surface area contributed by atoms with E-state index in [4.69, 9.17) is 4.74 Å². The highest BCUT2D eigenvalue weighted by Crippen LogP contribution is 2.34. The summed E-state index contributed by atoms with van der Waals surface area (Å²) < 4.78 is 4.97. The second-order valence-corrected chi connectivity index (χ2v) is 5.29. The maximum Gasteiger partial charge on any atom is 0.307 e. The van der Waals surface area contributed by atoms with E-state index >= 15 is 0 Å². The van der Waals surface area contributed by atoms with Crippen LogP contribution in [0.25, 0.3) is 0 Å². The van der Waals surface area contributed by atoms with Crippen molar-refractivity contribution >= 4 is 5.97 Å². The third-order valence-electron chi connectivity index (χ3n) is 4.03. The van der Waals surface area contributed by atoms with Crippen LogP contribution < -0.4 is 5.32 Å². The van der Waals surface area contributed by atoms with Gasteiger partial charge in [-0.3, -0.25) is 4.79 Å². The van der Waals surface area contributed by atoms with Crippen LogP contribution in [0.1, 0.15) is 53.4 Å². The van der Waals surface area contributed by atoms with E-state index in [9.17, 15) is 4.79 Å². The normalized spacial score (nSPS) is 30.2. The first kappa shape index (κ1) is 14.5. The molecule has 3 heteroatoms. The van der Waals surface area contributed by atoms with E-state index in [2.05, 4.69) is 26.1 Å². The number of carbonyl (C=O) groups is 1. The largest absolute Gasteiger partial charge is 0.466 e. The average molecular weight is 241 g/mol. The van der Waals surface area contributed by atoms with Crippen LogP contribution in [0.4, 0.5) is 0 Å². The zero-order valence-electron chi connectivity index (χ0n) is 11.7. The molecule has 0 aromatic rings. The van der Waals surface area contributed by atoms with Gasteiger partial charge < -0.3 is 10.1 Å². The van der Waals surface area contributed by atoms with Crippen molar-refractivity contribution in [3.05, 3.63) is 0 Å². The molecule has 1 saturated carbocycles. The summed E-state index contributed by atoms with van der Waals surface area (Å²) in [6.07, 6.45) is 4.31. The van der Waals surface area contributed by atoms with Crippen LogP contribution in [0.5, 0.6) is 0 Å². The molecule has 100 valence electrons. The van der Waals surface area contributed by atoms with E-state index in [0.29, 0.717) is 19.1 Å². The Balaban J connectivity index is 2.31. The van der Waals surface area contributed by atoms with Crippen LogP contribution in [0.2, 0.25) is 0 Å². The number of rotatable bonds is 6. The number of hydrogen-bond donors (Lipinski definition) is 1. The summed E-state index contributed by atoms with van der Waals surface area (Å²) in [6, 6.07) is 0.793. The van der Waals surface area contributed by atoms with Crippen LogP contribution in [-0.2, 0) is 9.53 Å². The van der Waals surface area contributed by atoms with Crippen LogP contribution in [0.15, 0.2) is 0 Å². The van der Waals surface area contributed by atoms with Crippen molar-refractivity contribution in [2.24, 2.45) is 11.8 Å². The fourth-order valence-corrected chi connectivity index (χ4v) is 2.95. The molecular formula is C14H27NO2. The van der Waals surface area contributed by atoms with E-state index in [1.165, 1.54) is 19.3 Å². The van der Waals surface area contributed by atoms with Gasteiger partial charge in [0.15, 0.2) is 0 Å². The second-order valence-electron chi connectivity index (χ2n) is 5.29. The number of nitrogens with one attached hydrogen (secondary N) is 1. The summed E-state index contributed by atoms with van der Waals surface area (Å²) in [7, 11) is 0. The van der Waals surface area contributed by atoms with Crippen molar-refractivity contribution in [2.75, 3.05) is 6.61 Å². The Kier molecular flexibility index (Phi) is 5.96. The summed E-state index contributed by atoms with van der Waals surface area (Å²) in [6.45, 7) is 8.99. The monoisotopic (exact) mass is 241 g/mol. The zero-order chi connectivity index (χ0) is 12.8. The first-order valence-electron chi connectivity index (χ1n) is 7.00. The van der Waals surface area contributed by atoms with Gasteiger partial charge in [0, 0.05) is 12.1 Å². The molecule has 0 aromatic heterocycles. The molecule has 0 saturated heterocycles. The van der Waals surface area contributed by atoms with E-state index < -0.39 is 0 Å². The van der Waals surface area contributed by atoms with Gasteiger partial charge in [-0.1, -0.05) is 20.3 Å². The molecule has 0 aliphatic heterocycles. The minimum absolute atomic E-state index is 0.0924. The highest BCUT2D eigenvalue weighted by molar-refractivity contribution is 5.70. The topological polar surface area (TPSA) is 38.3 Å². The third-order valence-corrected chi connectivity index (χ3v) is 4.03. The van der Waals surface area contributed by atoms with E-state index in [1.807, 2.05) is 6.92 Å². The molecule has 0 spiro atoms. The van der Waals surface area contributed by atoms with Gasteiger partial charge in [-0.25, -0.2) is 0 Å². The maximum atomic E-state index is 11.4. The predicted molar refractivity (Wildman–Crippen MR) is 69.8 cm³/mol. The number of esters is 1. The Morgan fingerprint density at radius 3 is 2.65 bits per heavy atom. The lowest BCUT2D eigenvalue weighted by molar-refractivity contribution is -0.143. The van der Waals surface area contributed by atoms with Gasteiger partial charge in [0.1, 0.15) is 0 Å². The molecule has 4 atom stereocenters. The Morgan fingerprint density at radius 2 is 2.12 bits per heavy atom. The van der Waals surface area contributed by atoms with Crippen molar-refractivity contribution in [2.45, 2.75) is 65.5 Å². The minimum Gasteiger partial charge on any atom is -0.466 e. The van der Waals surface area contributed by atoms with Gasteiger partial charge in [-0.15, -0.1) is 0 Å². The molecule has 0 aromatic carbocycles. The third kappa shape index (κ3) is 4.30. The lowest BCUT2D eigenvalue weighted by atomic mass is 9.93. The Labute approximate surface area is 105 Å². The molecule has 0 heterocycles. The van der Waals surface area contributed by atoms with Crippen LogP contribution in [0, 0.1) is 11.8 Å². The molecule has 3 nitrogen and oxygen atoms in total. The summed E-state index contributed by atoms with van der Waals surface area (Å²) in [5.41, 5.74) is 0. The Bertz CT molecular complexity index is 242. The fraction of sp³-hybridized carbons (Fsp3) is 0.929. The first-order chi connectivity index (χ1) is 8.08. The molecule has 1 aliphatic carbocycles. The van der Waals surface area contributed by atoms with E-state index in [1.54, 1.807) is 0 Å². The number of carbonyl (C=O) groups excluding carboxylic acids is 1. The Hall–Kier alpha value is -0.570. The van der Waals surface area contributed by atoms with Crippen LogP contribution in [0.3, 0.4) is 0 Å². The SMILES string of the molecule is CCOC(=O)CC(C)NC1CCC(CC)C1C. The second kappa shape index (κ2) is 7.00. The van der Waals surface area contributed by atoms with Crippen molar-refractivity contribution in [1.29, 1.82) is 0 Å². The Morgan fingerprint density at radius 1 is 1.41 bits per heavy atom. The fourth-order valence-electron chi connectivity index (χ4n) is 2.95. The molecule has 0 bridgehead atoms. The summed E-state index contributed by atoms with van der Waals surface area (Å²) >= 11 is 0. The molecule has 1 rings (SSSR count). The van der Waals surface area contributed by atoms with Gasteiger partial charge in [-0.2, -0.15) is 0 Å². The molecule has 1 N–H and O–H groups in total. The summed E-state index contributed by atoms with van der Waals surface area (Å²) in [5, 5.41) is 3.58. The van der Waals surface area contributed by atoms with Crippen molar-refractivity contribution in [1.82, 2.24) is 5.32 Å². The van der Waals surface area contributed by atoms with E-state index in [0.717, 1.165) is 11.8 Å². The van der Waals surface area contributed by atoms with Gasteiger partial charge in [-0.05, 0) is 38.5 Å². The highest BCUT2D eigenvalue weighted by Gasteiger charge is 2.32. The van der Waals surface area contributed by atoms with E-state index in [-0.39, 0.29) is 12.0 Å². The lowest BCUT2D eigenvalue weighted by Crippen LogP contribution is -2.40. The molecule has 4 unspecified atom stereocenters. The number of hydrogen-bond acceptors (Lipinski definition) is 3.